The minimum absolute atomic E-state index is 0.0370. The van der Waals surface area contributed by atoms with Gasteiger partial charge >= 0.3 is 0 Å². The van der Waals surface area contributed by atoms with Gasteiger partial charge in [-0.15, -0.1) is 0 Å². The number of ether oxygens (including phenoxy) is 2. The number of morpholine rings is 1. The third-order valence-electron chi connectivity index (χ3n) is 6.79. The second-order valence-electron chi connectivity index (χ2n) is 8.39. The van der Waals surface area contributed by atoms with Gasteiger partial charge in [-0.05, 0) is 12.8 Å². The van der Waals surface area contributed by atoms with E-state index in [1.54, 1.807) is 6.20 Å². The Morgan fingerprint density at radius 3 is 2.43 bits per heavy atom. The van der Waals surface area contributed by atoms with Gasteiger partial charge in [0.2, 0.25) is 5.91 Å². The molecule has 0 aromatic carbocycles. The van der Waals surface area contributed by atoms with E-state index in [-0.39, 0.29) is 11.8 Å². The highest BCUT2D eigenvalue weighted by atomic mass is 16.5. The van der Waals surface area contributed by atoms with Crippen LogP contribution >= 0.6 is 0 Å². The van der Waals surface area contributed by atoms with Crippen molar-refractivity contribution in [2.45, 2.75) is 50.4 Å². The van der Waals surface area contributed by atoms with Crippen LogP contribution in [0.2, 0.25) is 0 Å². The van der Waals surface area contributed by atoms with Crippen LogP contribution in [0.3, 0.4) is 0 Å². The van der Waals surface area contributed by atoms with Gasteiger partial charge < -0.3 is 23.8 Å². The smallest absolute Gasteiger partial charge is 0.253 e. The van der Waals surface area contributed by atoms with Gasteiger partial charge in [0.1, 0.15) is 11.4 Å². The summed E-state index contributed by atoms with van der Waals surface area (Å²) in [6.07, 6.45) is 7.81. The van der Waals surface area contributed by atoms with Crippen molar-refractivity contribution in [1.82, 2.24) is 19.4 Å². The maximum atomic E-state index is 13.1. The van der Waals surface area contributed by atoms with Crippen LogP contribution in [-0.2, 0) is 31.2 Å². The minimum Gasteiger partial charge on any atom is -0.378 e. The zero-order valence-electron chi connectivity index (χ0n) is 16.2. The Kier molecular flexibility index (Phi) is 4.63. The number of amides is 2. The standard InChI is InChI=1S/C20H28N4O4/c25-17(15-2-1-3-15)22-7-4-20(5-8-22)19-21-6-9-24(19)14-16(28-20)18(26)23-10-12-27-13-11-23/h6,9,15-16H,1-5,7-8,10-14H2/t16-/m1/s1. The van der Waals surface area contributed by atoms with Crippen molar-refractivity contribution in [2.24, 2.45) is 5.92 Å². The lowest BCUT2D eigenvalue weighted by atomic mass is 9.82. The van der Waals surface area contributed by atoms with E-state index in [4.69, 9.17) is 9.47 Å². The minimum atomic E-state index is -0.579. The van der Waals surface area contributed by atoms with Crippen LogP contribution < -0.4 is 0 Å². The molecule has 3 fully saturated rings. The highest BCUT2D eigenvalue weighted by molar-refractivity contribution is 5.81. The summed E-state index contributed by atoms with van der Waals surface area (Å²) in [6.45, 7) is 4.23. The van der Waals surface area contributed by atoms with Crippen molar-refractivity contribution in [3.8, 4) is 0 Å². The molecule has 1 saturated carbocycles. The van der Waals surface area contributed by atoms with Gasteiger partial charge in [0.15, 0.2) is 6.10 Å². The number of carbonyl (C=O) groups excluding carboxylic acids is 2. The monoisotopic (exact) mass is 388 g/mol. The lowest BCUT2D eigenvalue weighted by Gasteiger charge is -2.47. The molecule has 4 aliphatic rings. The van der Waals surface area contributed by atoms with E-state index in [2.05, 4.69) is 9.55 Å². The molecule has 28 heavy (non-hydrogen) atoms. The summed E-state index contributed by atoms with van der Waals surface area (Å²) in [5.74, 6) is 1.45. The number of fused-ring (bicyclic) bond motifs is 2. The number of piperidine rings is 1. The average Bonchev–Trinajstić information content (AvgIpc) is 3.17. The predicted molar refractivity (Wildman–Crippen MR) is 99.3 cm³/mol. The molecule has 1 aromatic heterocycles. The van der Waals surface area contributed by atoms with Gasteiger partial charge in [-0.1, -0.05) is 6.42 Å². The summed E-state index contributed by atoms with van der Waals surface area (Å²) < 4.78 is 13.9. The number of nitrogens with zero attached hydrogens (tertiary/aromatic N) is 4. The second kappa shape index (κ2) is 7.15. The molecule has 8 heteroatoms. The second-order valence-corrected chi connectivity index (χ2v) is 8.39. The Bertz CT molecular complexity index is 745. The molecule has 152 valence electrons. The van der Waals surface area contributed by atoms with E-state index >= 15 is 0 Å². The summed E-state index contributed by atoms with van der Waals surface area (Å²) in [7, 11) is 0. The van der Waals surface area contributed by atoms with Gasteiger partial charge in [0, 0.05) is 57.3 Å². The summed E-state index contributed by atoms with van der Waals surface area (Å²) in [5, 5.41) is 0. The highest BCUT2D eigenvalue weighted by Gasteiger charge is 2.48. The van der Waals surface area contributed by atoms with Crippen molar-refractivity contribution in [3.63, 3.8) is 0 Å². The molecule has 0 unspecified atom stereocenters. The topological polar surface area (TPSA) is 76.9 Å². The third kappa shape index (κ3) is 3.03. The van der Waals surface area contributed by atoms with Crippen LogP contribution in [0.1, 0.15) is 37.9 Å². The Labute approximate surface area is 164 Å². The SMILES string of the molecule is O=C(C1CCC1)N1CCC2(CC1)O[C@@H](C(=O)N1CCOCC1)Cn1ccnc12. The van der Waals surface area contributed by atoms with Crippen molar-refractivity contribution in [2.75, 3.05) is 39.4 Å². The van der Waals surface area contributed by atoms with E-state index in [1.807, 2.05) is 16.0 Å². The van der Waals surface area contributed by atoms with E-state index in [1.165, 1.54) is 6.42 Å². The van der Waals surface area contributed by atoms with Crippen LogP contribution in [-0.4, -0.2) is 76.7 Å². The third-order valence-corrected chi connectivity index (χ3v) is 6.79. The predicted octanol–water partition coefficient (Wildman–Crippen LogP) is 0.759. The Morgan fingerprint density at radius 1 is 1.04 bits per heavy atom. The average molecular weight is 388 g/mol. The van der Waals surface area contributed by atoms with Crippen molar-refractivity contribution < 1.29 is 19.1 Å². The van der Waals surface area contributed by atoms with Gasteiger partial charge in [-0.3, -0.25) is 9.59 Å². The van der Waals surface area contributed by atoms with Crippen LogP contribution in [0.4, 0.5) is 0 Å². The molecule has 8 nitrogen and oxygen atoms in total. The molecule has 0 bridgehead atoms. The number of aromatic nitrogens is 2. The van der Waals surface area contributed by atoms with Crippen LogP contribution in [0.5, 0.6) is 0 Å². The molecule has 5 rings (SSSR count). The molecule has 3 aliphatic heterocycles. The van der Waals surface area contributed by atoms with Crippen molar-refractivity contribution >= 4 is 11.8 Å². The van der Waals surface area contributed by atoms with Crippen LogP contribution in [0.25, 0.3) is 0 Å². The lowest BCUT2D eigenvalue weighted by molar-refractivity contribution is -0.185. The van der Waals surface area contributed by atoms with E-state index < -0.39 is 11.7 Å². The summed E-state index contributed by atoms with van der Waals surface area (Å²) in [4.78, 5) is 34.1. The number of hydrogen-bond donors (Lipinski definition) is 0. The van der Waals surface area contributed by atoms with Gasteiger partial charge in [-0.25, -0.2) is 4.98 Å². The Morgan fingerprint density at radius 2 is 1.75 bits per heavy atom. The largest absolute Gasteiger partial charge is 0.378 e. The first-order chi connectivity index (χ1) is 13.7. The van der Waals surface area contributed by atoms with E-state index in [0.717, 1.165) is 18.7 Å². The number of rotatable bonds is 2. The van der Waals surface area contributed by atoms with Crippen molar-refractivity contribution in [3.05, 3.63) is 18.2 Å². The first-order valence-corrected chi connectivity index (χ1v) is 10.5. The summed E-state index contributed by atoms with van der Waals surface area (Å²) >= 11 is 0. The molecule has 1 aliphatic carbocycles. The summed E-state index contributed by atoms with van der Waals surface area (Å²) in [5.41, 5.74) is -0.579. The maximum absolute atomic E-state index is 13.1. The quantitative estimate of drug-likeness (QED) is 0.748. The number of carbonyl (C=O) groups is 2. The zero-order chi connectivity index (χ0) is 19.1. The Balaban J connectivity index is 1.32. The Hall–Kier alpha value is -1.93. The van der Waals surface area contributed by atoms with Gasteiger partial charge in [0.05, 0.1) is 19.8 Å². The first kappa shape index (κ1) is 18.1. The fourth-order valence-corrected chi connectivity index (χ4v) is 4.86. The molecule has 2 saturated heterocycles. The first-order valence-electron chi connectivity index (χ1n) is 10.5. The molecule has 4 heterocycles. The molecule has 0 N–H and O–H groups in total. The summed E-state index contributed by atoms with van der Waals surface area (Å²) in [6, 6.07) is 0. The van der Waals surface area contributed by atoms with Crippen molar-refractivity contribution in [1.29, 1.82) is 0 Å². The molecular weight excluding hydrogens is 360 g/mol. The van der Waals surface area contributed by atoms with Crippen LogP contribution in [0.15, 0.2) is 12.4 Å². The fraction of sp³-hybridized carbons (Fsp3) is 0.750. The fourth-order valence-electron chi connectivity index (χ4n) is 4.86. The number of hydrogen-bond acceptors (Lipinski definition) is 5. The van der Waals surface area contributed by atoms with Gasteiger partial charge in [-0.2, -0.15) is 0 Å². The zero-order valence-corrected chi connectivity index (χ0v) is 16.2. The normalized spacial score (nSPS) is 27.4. The maximum Gasteiger partial charge on any atom is 0.253 e. The van der Waals surface area contributed by atoms with Gasteiger partial charge in [0.25, 0.3) is 5.91 Å². The lowest BCUT2D eigenvalue weighted by Crippen LogP contribution is -2.56. The molecule has 1 atom stereocenters. The molecular formula is C20H28N4O4. The highest BCUT2D eigenvalue weighted by Crippen LogP contribution is 2.41. The molecule has 0 radical (unpaired) electrons. The van der Waals surface area contributed by atoms with Crippen LogP contribution in [0, 0.1) is 5.92 Å². The van der Waals surface area contributed by atoms with E-state index in [9.17, 15) is 9.59 Å². The number of imidazole rings is 1. The molecule has 1 aromatic rings. The number of likely N-dealkylation sites (tertiary alicyclic amines) is 1. The van der Waals surface area contributed by atoms with E-state index in [0.29, 0.717) is 64.7 Å². The molecule has 2 amide bonds. The molecule has 1 spiro atoms.